The van der Waals surface area contributed by atoms with Crippen LogP contribution in [0.4, 0.5) is 0 Å². The zero-order valence-electron chi connectivity index (χ0n) is 12.6. The average molecular weight is 350 g/mol. The number of hydrogen-bond donors (Lipinski definition) is 1. The molecular weight excluding hydrogens is 333 g/mol. The molecule has 1 N–H and O–H groups in total. The lowest BCUT2D eigenvalue weighted by molar-refractivity contribution is 0.241. The van der Waals surface area contributed by atoms with Crippen LogP contribution in [0.3, 0.4) is 0 Å². The minimum Gasteiger partial charge on any atom is -0.310 e. The van der Waals surface area contributed by atoms with Crippen LogP contribution in [0.25, 0.3) is 0 Å². The molecule has 0 unspecified atom stereocenters. The summed E-state index contributed by atoms with van der Waals surface area (Å²) < 4.78 is 0. The van der Waals surface area contributed by atoms with Gasteiger partial charge in [0.15, 0.2) is 0 Å². The van der Waals surface area contributed by atoms with Crippen LogP contribution in [0, 0.1) is 0 Å². The zero-order chi connectivity index (χ0) is 16.0. The highest BCUT2D eigenvalue weighted by molar-refractivity contribution is 6.33. The molecule has 1 aromatic carbocycles. The summed E-state index contributed by atoms with van der Waals surface area (Å²) in [6, 6.07) is 5.48. The Morgan fingerprint density at radius 3 is 2.91 bits per heavy atom. The minimum absolute atomic E-state index is 0.0128. The van der Waals surface area contributed by atoms with Crippen molar-refractivity contribution in [2.24, 2.45) is 0 Å². The van der Waals surface area contributed by atoms with Crippen LogP contribution in [0.5, 0.6) is 0 Å². The minimum atomic E-state index is 0.0128. The molecule has 0 amide bonds. The lowest BCUT2D eigenvalue weighted by Gasteiger charge is -2.28. The van der Waals surface area contributed by atoms with E-state index in [0.29, 0.717) is 29.1 Å². The smallest absolute Gasteiger partial charge is 0.255 e. The van der Waals surface area contributed by atoms with E-state index in [2.05, 4.69) is 14.9 Å². The first-order valence-electron chi connectivity index (χ1n) is 7.88. The number of halogens is 2. The van der Waals surface area contributed by atoms with E-state index >= 15 is 0 Å². The van der Waals surface area contributed by atoms with E-state index in [1.165, 1.54) is 0 Å². The second kappa shape index (κ2) is 5.93. The molecule has 4 nitrogen and oxygen atoms in total. The Labute approximate surface area is 144 Å². The fourth-order valence-electron chi connectivity index (χ4n) is 3.09. The van der Waals surface area contributed by atoms with Gasteiger partial charge in [0.1, 0.15) is 5.82 Å². The molecule has 1 aliphatic carbocycles. The number of fused-ring (bicyclic) bond motifs is 1. The van der Waals surface area contributed by atoms with Crippen LogP contribution in [0.15, 0.2) is 23.0 Å². The Kier molecular flexibility index (Phi) is 3.92. The van der Waals surface area contributed by atoms with E-state index in [-0.39, 0.29) is 5.56 Å². The number of aromatic nitrogens is 2. The lowest BCUT2D eigenvalue weighted by Crippen LogP contribution is -2.35. The number of benzene rings is 1. The largest absolute Gasteiger partial charge is 0.310 e. The Bertz CT molecular complexity index is 814. The first kappa shape index (κ1) is 15.2. The van der Waals surface area contributed by atoms with Gasteiger partial charge < -0.3 is 4.98 Å². The number of nitrogens with zero attached hydrogens (tertiary/aromatic N) is 2. The Morgan fingerprint density at radius 1 is 1.30 bits per heavy atom. The lowest BCUT2D eigenvalue weighted by atomic mass is 10.1. The fraction of sp³-hybridized carbons (Fsp3) is 0.412. The molecule has 1 fully saturated rings. The van der Waals surface area contributed by atoms with Crippen LogP contribution in [0.1, 0.15) is 41.4 Å². The number of aromatic amines is 1. The summed E-state index contributed by atoms with van der Waals surface area (Å²) in [4.78, 5) is 22.2. The molecule has 1 saturated carbocycles. The summed E-state index contributed by atoms with van der Waals surface area (Å²) >= 11 is 12.3. The number of rotatable bonds is 3. The zero-order valence-corrected chi connectivity index (χ0v) is 14.1. The molecule has 1 aromatic heterocycles. The highest BCUT2D eigenvalue weighted by atomic mass is 35.5. The second-order valence-electron chi connectivity index (χ2n) is 6.35. The van der Waals surface area contributed by atoms with Gasteiger partial charge in [0.25, 0.3) is 5.56 Å². The number of H-pyrrole nitrogens is 1. The van der Waals surface area contributed by atoms with Crippen molar-refractivity contribution in [1.82, 2.24) is 14.9 Å². The first-order valence-corrected chi connectivity index (χ1v) is 8.64. The van der Waals surface area contributed by atoms with Crippen molar-refractivity contribution in [2.45, 2.75) is 38.3 Å². The average Bonchev–Trinajstić information content (AvgIpc) is 3.36. The Balaban J connectivity index is 1.56. The molecule has 2 heterocycles. The standard InChI is InChI=1S/C17H17Cl2N3O/c18-12-3-4-14(19)11(7-12)8-22-6-5-15-13(9-22)17(23)21-16(20-15)10-1-2-10/h3-4,7,10H,1-2,5-6,8-9H2,(H,20,21,23). The van der Waals surface area contributed by atoms with Gasteiger partial charge >= 0.3 is 0 Å². The molecule has 4 rings (SSSR count). The molecule has 6 heteroatoms. The predicted molar refractivity (Wildman–Crippen MR) is 91.1 cm³/mol. The monoisotopic (exact) mass is 349 g/mol. The summed E-state index contributed by atoms with van der Waals surface area (Å²) in [6.07, 6.45) is 3.08. The topological polar surface area (TPSA) is 49.0 Å². The molecule has 0 radical (unpaired) electrons. The normalized spacial score (nSPS) is 18.0. The van der Waals surface area contributed by atoms with Crippen LogP contribution in [0.2, 0.25) is 10.0 Å². The van der Waals surface area contributed by atoms with Gasteiger partial charge in [0.05, 0.1) is 11.3 Å². The summed E-state index contributed by atoms with van der Waals surface area (Å²) in [7, 11) is 0. The number of nitrogens with one attached hydrogen (secondary N) is 1. The van der Waals surface area contributed by atoms with E-state index in [9.17, 15) is 4.79 Å². The van der Waals surface area contributed by atoms with Crippen molar-refractivity contribution in [2.75, 3.05) is 6.54 Å². The third kappa shape index (κ3) is 3.16. The van der Waals surface area contributed by atoms with Crippen LogP contribution in [-0.2, 0) is 19.5 Å². The molecule has 23 heavy (non-hydrogen) atoms. The van der Waals surface area contributed by atoms with Crippen molar-refractivity contribution < 1.29 is 0 Å². The van der Waals surface area contributed by atoms with Gasteiger partial charge in [0, 0.05) is 42.0 Å². The van der Waals surface area contributed by atoms with E-state index in [1.54, 1.807) is 6.07 Å². The Hall–Kier alpha value is -1.36. The molecule has 120 valence electrons. The summed E-state index contributed by atoms with van der Waals surface area (Å²) in [5, 5.41) is 1.38. The molecular formula is C17H17Cl2N3O. The van der Waals surface area contributed by atoms with Gasteiger partial charge in [0.2, 0.25) is 0 Å². The van der Waals surface area contributed by atoms with Crippen LogP contribution >= 0.6 is 23.2 Å². The van der Waals surface area contributed by atoms with Crippen molar-refractivity contribution >= 4 is 23.2 Å². The van der Waals surface area contributed by atoms with Crippen LogP contribution < -0.4 is 5.56 Å². The molecule has 1 aliphatic heterocycles. The maximum Gasteiger partial charge on any atom is 0.255 e. The maximum atomic E-state index is 12.4. The summed E-state index contributed by atoms with van der Waals surface area (Å²) in [5.74, 6) is 1.34. The van der Waals surface area contributed by atoms with Gasteiger partial charge in [-0.1, -0.05) is 23.2 Å². The van der Waals surface area contributed by atoms with E-state index < -0.39 is 0 Å². The molecule has 0 atom stereocenters. The van der Waals surface area contributed by atoms with Gasteiger partial charge in [-0.05, 0) is 36.6 Å². The van der Waals surface area contributed by atoms with Crippen LogP contribution in [-0.4, -0.2) is 21.4 Å². The molecule has 2 aliphatic rings. The second-order valence-corrected chi connectivity index (χ2v) is 7.19. The third-order valence-corrected chi connectivity index (χ3v) is 5.14. The molecule has 0 spiro atoms. The first-order chi connectivity index (χ1) is 11.1. The van der Waals surface area contributed by atoms with Crippen molar-refractivity contribution in [3.8, 4) is 0 Å². The van der Waals surface area contributed by atoms with E-state index in [0.717, 1.165) is 48.5 Å². The van der Waals surface area contributed by atoms with Crippen molar-refractivity contribution in [3.05, 3.63) is 61.2 Å². The summed E-state index contributed by atoms with van der Waals surface area (Å²) in [6.45, 7) is 2.16. The van der Waals surface area contributed by atoms with E-state index in [1.807, 2.05) is 12.1 Å². The Morgan fingerprint density at radius 2 is 2.13 bits per heavy atom. The highest BCUT2D eigenvalue weighted by Crippen LogP contribution is 2.37. The van der Waals surface area contributed by atoms with Gasteiger partial charge in [-0.3, -0.25) is 9.69 Å². The van der Waals surface area contributed by atoms with Gasteiger partial charge in [-0.2, -0.15) is 0 Å². The van der Waals surface area contributed by atoms with Crippen molar-refractivity contribution in [3.63, 3.8) is 0 Å². The summed E-state index contributed by atoms with van der Waals surface area (Å²) in [5.41, 5.74) is 2.75. The highest BCUT2D eigenvalue weighted by Gasteiger charge is 2.29. The SMILES string of the molecule is O=c1[nH]c(C2CC2)nc2c1CN(Cc1cc(Cl)ccc1Cl)CC2. The van der Waals surface area contributed by atoms with Gasteiger partial charge in [-0.25, -0.2) is 4.98 Å². The number of hydrogen-bond acceptors (Lipinski definition) is 3. The quantitative estimate of drug-likeness (QED) is 0.922. The molecule has 0 bridgehead atoms. The van der Waals surface area contributed by atoms with Gasteiger partial charge in [-0.15, -0.1) is 0 Å². The predicted octanol–water partition coefficient (Wildman–Crippen LogP) is 3.51. The molecule has 0 saturated heterocycles. The maximum absolute atomic E-state index is 12.4. The fourth-order valence-corrected chi connectivity index (χ4v) is 3.46. The van der Waals surface area contributed by atoms with E-state index in [4.69, 9.17) is 23.2 Å². The van der Waals surface area contributed by atoms with Crippen molar-refractivity contribution in [1.29, 1.82) is 0 Å². The third-order valence-electron chi connectivity index (χ3n) is 4.53. The molecule has 2 aromatic rings.